The number of carbonyl (C=O) groups is 1. The fourth-order valence-corrected chi connectivity index (χ4v) is 2.30. The summed E-state index contributed by atoms with van der Waals surface area (Å²) in [7, 11) is 0. The maximum Gasteiger partial charge on any atom is 0.252 e. The highest BCUT2D eigenvalue weighted by atomic mass is 35.5. The number of hydrogen-bond acceptors (Lipinski definition) is 3. The molecule has 0 radical (unpaired) electrons. The van der Waals surface area contributed by atoms with Crippen LogP contribution in [-0.2, 0) is 6.42 Å². The largest absolute Gasteiger partial charge is 0.396 e. The van der Waals surface area contributed by atoms with Gasteiger partial charge in [0.1, 0.15) is 0 Å². The molecular formula is C17H19ClN2O2. The van der Waals surface area contributed by atoms with E-state index in [-0.39, 0.29) is 18.4 Å². The molecule has 2 N–H and O–H groups in total. The van der Waals surface area contributed by atoms with E-state index in [1.807, 2.05) is 31.2 Å². The first-order valence-electron chi connectivity index (χ1n) is 7.13. The predicted molar refractivity (Wildman–Crippen MR) is 87.0 cm³/mol. The molecule has 2 aromatic rings. The Labute approximate surface area is 135 Å². The number of amides is 1. The second kappa shape index (κ2) is 7.92. The zero-order chi connectivity index (χ0) is 15.9. The first kappa shape index (κ1) is 16.5. The Hall–Kier alpha value is -1.91. The van der Waals surface area contributed by atoms with Gasteiger partial charge in [-0.2, -0.15) is 0 Å². The second-order valence-corrected chi connectivity index (χ2v) is 5.78. The summed E-state index contributed by atoms with van der Waals surface area (Å²) in [6, 6.07) is 9.29. The minimum absolute atomic E-state index is 0.00890. The summed E-state index contributed by atoms with van der Waals surface area (Å²) < 4.78 is 0. The van der Waals surface area contributed by atoms with Crippen molar-refractivity contribution in [3.05, 3.63) is 64.4 Å². The normalized spacial score (nSPS) is 12.0. The molecule has 2 rings (SSSR count). The number of nitrogens with zero attached hydrogens (tertiary/aromatic N) is 1. The van der Waals surface area contributed by atoms with Gasteiger partial charge in [-0.1, -0.05) is 23.7 Å². The van der Waals surface area contributed by atoms with Crippen molar-refractivity contribution >= 4 is 17.5 Å². The standard InChI is InChI=1S/C17H19ClN2O2/c1-12-6-15(10-19-8-12)17(22)20-9-14(11-21)7-13-2-4-16(18)5-3-13/h2-6,8,10,14,21H,7,9,11H2,1H3,(H,20,22)/t14-/m1/s1. The summed E-state index contributed by atoms with van der Waals surface area (Å²) in [5.74, 6) is -0.214. The molecule has 1 atom stereocenters. The van der Waals surface area contributed by atoms with Crippen LogP contribution in [0.15, 0.2) is 42.7 Å². The van der Waals surface area contributed by atoms with Gasteiger partial charge in [0.2, 0.25) is 0 Å². The molecule has 116 valence electrons. The van der Waals surface area contributed by atoms with Crippen LogP contribution in [0, 0.1) is 12.8 Å². The van der Waals surface area contributed by atoms with E-state index in [2.05, 4.69) is 10.3 Å². The number of rotatable bonds is 6. The van der Waals surface area contributed by atoms with E-state index in [4.69, 9.17) is 11.6 Å². The van der Waals surface area contributed by atoms with Crippen molar-refractivity contribution in [2.75, 3.05) is 13.2 Å². The Morgan fingerprint density at radius 2 is 2.05 bits per heavy atom. The number of pyridine rings is 1. The number of benzene rings is 1. The summed E-state index contributed by atoms with van der Waals surface area (Å²) in [6.07, 6.45) is 3.92. The fraction of sp³-hybridized carbons (Fsp3) is 0.294. The summed E-state index contributed by atoms with van der Waals surface area (Å²) in [6.45, 7) is 2.31. The molecule has 1 aromatic carbocycles. The smallest absolute Gasteiger partial charge is 0.252 e. The molecule has 0 spiro atoms. The number of aromatic nitrogens is 1. The Morgan fingerprint density at radius 1 is 1.32 bits per heavy atom. The lowest BCUT2D eigenvalue weighted by Gasteiger charge is -2.15. The Morgan fingerprint density at radius 3 is 2.68 bits per heavy atom. The van der Waals surface area contributed by atoms with Crippen molar-refractivity contribution < 1.29 is 9.90 Å². The van der Waals surface area contributed by atoms with Crippen molar-refractivity contribution in [3.8, 4) is 0 Å². The van der Waals surface area contributed by atoms with Gasteiger partial charge >= 0.3 is 0 Å². The number of hydrogen-bond donors (Lipinski definition) is 2. The van der Waals surface area contributed by atoms with Crippen molar-refractivity contribution in [1.82, 2.24) is 10.3 Å². The number of aliphatic hydroxyl groups is 1. The molecule has 0 bridgehead atoms. The monoisotopic (exact) mass is 318 g/mol. The van der Waals surface area contributed by atoms with Gasteiger partial charge in [0.25, 0.3) is 5.91 Å². The van der Waals surface area contributed by atoms with Crippen LogP contribution in [0.5, 0.6) is 0 Å². The first-order valence-corrected chi connectivity index (χ1v) is 7.51. The van der Waals surface area contributed by atoms with E-state index in [9.17, 15) is 9.90 Å². The third-order valence-corrected chi connectivity index (χ3v) is 3.64. The van der Waals surface area contributed by atoms with Crippen LogP contribution in [0.4, 0.5) is 0 Å². The second-order valence-electron chi connectivity index (χ2n) is 5.34. The molecule has 0 aliphatic heterocycles. The Kier molecular flexibility index (Phi) is 5.92. The van der Waals surface area contributed by atoms with Gasteiger partial charge in [-0.15, -0.1) is 0 Å². The van der Waals surface area contributed by atoms with E-state index < -0.39 is 0 Å². The number of carbonyl (C=O) groups excluding carboxylic acids is 1. The van der Waals surface area contributed by atoms with Crippen molar-refractivity contribution in [3.63, 3.8) is 0 Å². The van der Waals surface area contributed by atoms with Crippen molar-refractivity contribution in [2.45, 2.75) is 13.3 Å². The van der Waals surface area contributed by atoms with Crippen LogP contribution in [0.2, 0.25) is 5.02 Å². The maximum atomic E-state index is 12.1. The molecule has 0 aliphatic carbocycles. The molecule has 5 heteroatoms. The van der Waals surface area contributed by atoms with Crippen LogP contribution < -0.4 is 5.32 Å². The quantitative estimate of drug-likeness (QED) is 0.860. The van der Waals surface area contributed by atoms with Crippen molar-refractivity contribution in [1.29, 1.82) is 0 Å². The van der Waals surface area contributed by atoms with Crippen LogP contribution in [-0.4, -0.2) is 29.1 Å². The molecule has 0 aliphatic rings. The van der Waals surface area contributed by atoms with Gasteiger partial charge in [-0.25, -0.2) is 0 Å². The number of aliphatic hydroxyl groups excluding tert-OH is 1. The third-order valence-electron chi connectivity index (χ3n) is 3.38. The van der Waals surface area contributed by atoms with Crippen LogP contribution in [0.3, 0.4) is 0 Å². The zero-order valence-corrected chi connectivity index (χ0v) is 13.2. The van der Waals surface area contributed by atoms with E-state index in [0.29, 0.717) is 23.6 Å². The van der Waals surface area contributed by atoms with Crippen molar-refractivity contribution in [2.24, 2.45) is 5.92 Å². The molecule has 4 nitrogen and oxygen atoms in total. The molecule has 22 heavy (non-hydrogen) atoms. The highest BCUT2D eigenvalue weighted by Gasteiger charge is 2.12. The average molecular weight is 319 g/mol. The summed E-state index contributed by atoms with van der Waals surface area (Å²) in [4.78, 5) is 16.1. The average Bonchev–Trinajstić information content (AvgIpc) is 2.53. The molecule has 1 aromatic heterocycles. The van der Waals surface area contributed by atoms with Gasteiger partial charge in [0, 0.05) is 36.5 Å². The Bertz CT molecular complexity index is 629. The lowest BCUT2D eigenvalue weighted by atomic mass is 10.00. The van der Waals surface area contributed by atoms with Gasteiger partial charge in [-0.3, -0.25) is 9.78 Å². The topological polar surface area (TPSA) is 62.2 Å². The van der Waals surface area contributed by atoms with Crippen LogP contribution >= 0.6 is 11.6 Å². The minimum Gasteiger partial charge on any atom is -0.396 e. The molecule has 1 amide bonds. The summed E-state index contributed by atoms with van der Waals surface area (Å²) in [5.41, 5.74) is 2.55. The predicted octanol–water partition coefficient (Wildman–Crippen LogP) is 2.62. The fourth-order valence-electron chi connectivity index (χ4n) is 2.17. The summed E-state index contributed by atoms with van der Waals surface area (Å²) >= 11 is 5.85. The van der Waals surface area contributed by atoms with Crippen LogP contribution in [0.1, 0.15) is 21.5 Å². The van der Waals surface area contributed by atoms with Crippen LogP contribution in [0.25, 0.3) is 0 Å². The zero-order valence-electron chi connectivity index (χ0n) is 12.4. The number of nitrogens with one attached hydrogen (secondary N) is 1. The van der Waals surface area contributed by atoms with E-state index in [1.165, 1.54) is 6.20 Å². The van der Waals surface area contributed by atoms with E-state index in [0.717, 1.165) is 11.1 Å². The highest BCUT2D eigenvalue weighted by Crippen LogP contribution is 2.13. The lowest BCUT2D eigenvalue weighted by Crippen LogP contribution is -2.32. The molecule has 0 saturated heterocycles. The number of halogens is 1. The highest BCUT2D eigenvalue weighted by molar-refractivity contribution is 6.30. The molecular weight excluding hydrogens is 300 g/mol. The van der Waals surface area contributed by atoms with E-state index in [1.54, 1.807) is 12.3 Å². The van der Waals surface area contributed by atoms with Gasteiger partial charge in [-0.05, 0) is 42.7 Å². The molecule has 0 saturated carbocycles. The molecule has 1 heterocycles. The first-order chi connectivity index (χ1) is 10.6. The van der Waals surface area contributed by atoms with Gasteiger partial charge < -0.3 is 10.4 Å². The molecule has 0 unspecified atom stereocenters. The SMILES string of the molecule is Cc1cncc(C(=O)NC[C@H](CO)Cc2ccc(Cl)cc2)c1. The van der Waals surface area contributed by atoms with E-state index >= 15 is 0 Å². The third kappa shape index (κ3) is 4.83. The Balaban J connectivity index is 1.90. The molecule has 0 fully saturated rings. The van der Waals surface area contributed by atoms with Gasteiger partial charge in [0.05, 0.1) is 5.56 Å². The van der Waals surface area contributed by atoms with Gasteiger partial charge in [0.15, 0.2) is 0 Å². The lowest BCUT2D eigenvalue weighted by molar-refractivity contribution is 0.0939. The maximum absolute atomic E-state index is 12.1. The minimum atomic E-state index is -0.175. The number of aryl methyl sites for hydroxylation is 1. The summed E-state index contributed by atoms with van der Waals surface area (Å²) in [5, 5.41) is 13.0.